The number of hydrogen-bond acceptors (Lipinski definition) is 5. The Morgan fingerprint density at radius 1 is 1.19 bits per heavy atom. The van der Waals surface area contributed by atoms with E-state index in [1.54, 1.807) is 0 Å². The van der Waals surface area contributed by atoms with Crippen LogP contribution in [0.3, 0.4) is 0 Å². The predicted octanol–water partition coefficient (Wildman–Crippen LogP) is 3.26. The molecule has 1 heterocycles. The largest absolute Gasteiger partial charge is 0.503 e. The maximum atomic E-state index is 9.91. The van der Waals surface area contributed by atoms with Gasteiger partial charge in [0.15, 0.2) is 11.5 Å². The normalized spacial score (nSPS) is 23.3. The van der Waals surface area contributed by atoms with Crippen molar-refractivity contribution in [2.45, 2.75) is 57.2 Å². The Balaban J connectivity index is 1.66. The molecule has 1 atom stereocenters. The lowest BCUT2D eigenvalue weighted by atomic mass is 9.91. The highest BCUT2D eigenvalue weighted by Crippen LogP contribution is 2.35. The van der Waals surface area contributed by atoms with Crippen LogP contribution < -0.4 is 4.74 Å². The molecule has 2 fully saturated rings. The zero-order valence-electron chi connectivity index (χ0n) is 15.7. The molecule has 1 aliphatic heterocycles. The number of phenols is 1. The number of hydrogen-bond donors (Lipinski definition) is 2. The minimum Gasteiger partial charge on any atom is -0.503 e. The van der Waals surface area contributed by atoms with Crippen LogP contribution in [0.25, 0.3) is 0 Å². The molecule has 2 aliphatic rings. The molecule has 0 radical (unpaired) electrons. The second kappa shape index (κ2) is 9.27. The van der Waals surface area contributed by atoms with Gasteiger partial charge in [-0.3, -0.25) is 9.80 Å². The van der Waals surface area contributed by atoms with Crippen molar-refractivity contribution in [2.75, 3.05) is 33.4 Å². The molecule has 146 valence electrons. The summed E-state index contributed by atoms with van der Waals surface area (Å²) in [6.07, 6.45) is 7.46. The summed E-state index contributed by atoms with van der Waals surface area (Å²) in [4.78, 5) is 5.07. The van der Waals surface area contributed by atoms with E-state index < -0.39 is 0 Å². The Kier molecular flexibility index (Phi) is 7.04. The van der Waals surface area contributed by atoms with E-state index in [-0.39, 0.29) is 12.4 Å². The number of rotatable bonds is 6. The minimum absolute atomic E-state index is 0.00167. The molecular weight excluding hydrogens is 352 g/mol. The van der Waals surface area contributed by atoms with E-state index in [2.05, 4.69) is 9.80 Å². The number of benzene rings is 1. The van der Waals surface area contributed by atoms with Crippen LogP contribution in [0.5, 0.6) is 11.5 Å². The van der Waals surface area contributed by atoms with Crippen LogP contribution in [0.15, 0.2) is 12.1 Å². The summed E-state index contributed by atoms with van der Waals surface area (Å²) in [5.41, 5.74) is 1.04. The molecule has 5 nitrogen and oxygen atoms in total. The maximum absolute atomic E-state index is 9.91. The van der Waals surface area contributed by atoms with E-state index in [1.165, 1.54) is 39.2 Å². The third-order valence-electron chi connectivity index (χ3n) is 5.83. The summed E-state index contributed by atoms with van der Waals surface area (Å²) in [5, 5.41) is 19.8. The average Bonchev–Trinajstić information content (AvgIpc) is 2.66. The van der Waals surface area contributed by atoms with E-state index >= 15 is 0 Å². The fraction of sp³-hybridized carbons (Fsp3) is 0.700. The summed E-state index contributed by atoms with van der Waals surface area (Å²) in [6, 6.07) is 4.76. The first-order chi connectivity index (χ1) is 12.6. The van der Waals surface area contributed by atoms with Gasteiger partial charge in [0.2, 0.25) is 0 Å². The van der Waals surface area contributed by atoms with E-state index in [4.69, 9.17) is 16.3 Å². The average molecular weight is 383 g/mol. The SMILES string of the molecule is COc1cc(CN2CCN(C3CCCCC3)C(CCO)C2)cc(Cl)c1O. The van der Waals surface area contributed by atoms with Crippen molar-refractivity contribution in [3.8, 4) is 11.5 Å². The Labute approximate surface area is 161 Å². The summed E-state index contributed by atoms with van der Waals surface area (Å²) in [6.45, 7) is 4.03. The van der Waals surface area contributed by atoms with Crippen molar-refractivity contribution in [3.05, 3.63) is 22.7 Å². The van der Waals surface area contributed by atoms with Gasteiger partial charge < -0.3 is 14.9 Å². The summed E-state index contributed by atoms with van der Waals surface area (Å²) in [5.74, 6) is 0.415. The quantitative estimate of drug-likeness (QED) is 0.790. The summed E-state index contributed by atoms with van der Waals surface area (Å²) < 4.78 is 5.22. The number of aromatic hydroxyl groups is 1. The first-order valence-electron chi connectivity index (χ1n) is 9.76. The third kappa shape index (κ3) is 4.63. The van der Waals surface area contributed by atoms with Gasteiger partial charge in [0.05, 0.1) is 12.1 Å². The molecular formula is C20H31ClN2O3. The second-order valence-electron chi connectivity index (χ2n) is 7.56. The van der Waals surface area contributed by atoms with Crippen LogP contribution >= 0.6 is 11.6 Å². The molecule has 1 saturated carbocycles. The molecule has 0 spiro atoms. The molecule has 1 saturated heterocycles. The monoisotopic (exact) mass is 382 g/mol. The number of ether oxygens (including phenoxy) is 1. The van der Waals surface area contributed by atoms with Gasteiger partial charge in [-0.05, 0) is 37.0 Å². The minimum atomic E-state index is -0.00167. The van der Waals surface area contributed by atoms with Crippen molar-refractivity contribution >= 4 is 11.6 Å². The number of aliphatic hydroxyl groups is 1. The highest BCUT2D eigenvalue weighted by atomic mass is 35.5. The number of piperazine rings is 1. The van der Waals surface area contributed by atoms with E-state index in [9.17, 15) is 10.2 Å². The number of nitrogens with zero attached hydrogens (tertiary/aromatic N) is 2. The molecule has 1 unspecified atom stereocenters. The van der Waals surface area contributed by atoms with Crippen molar-refractivity contribution < 1.29 is 14.9 Å². The van der Waals surface area contributed by atoms with Gasteiger partial charge in [0.1, 0.15) is 0 Å². The van der Waals surface area contributed by atoms with E-state index in [0.29, 0.717) is 22.9 Å². The van der Waals surface area contributed by atoms with Gasteiger partial charge >= 0.3 is 0 Å². The highest BCUT2D eigenvalue weighted by molar-refractivity contribution is 6.32. The molecule has 26 heavy (non-hydrogen) atoms. The van der Waals surface area contributed by atoms with Crippen molar-refractivity contribution in [1.82, 2.24) is 9.80 Å². The third-order valence-corrected chi connectivity index (χ3v) is 6.12. The molecule has 1 aromatic carbocycles. The topological polar surface area (TPSA) is 56.2 Å². The maximum Gasteiger partial charge on any atom is 0.176 e. The Bertz CT molecular complexity index is 593. The van der Waals surface area contributed by atoms with Gasteiger partial charge in [-0.25, -0.2) is 0 Å². The van der Waals surface area contributed by atoms with Crippen LogP contribution in [0.2, 0.25) is 5.02 Å². The van der Waals surface area contributed by atoms with Crippen LogP contribution in [-0.2, 0) is 6.54 Å². The first-order valence-corrected chi connectivity index (χ1v) is 10.1. The van der Waals surface area contributed by atoms with Crippen LogP contribution in [0, 0.1) is 0 Å². The molecule has 0 amide bonds. The van der Waals surface area contributed by atoms with Crippen molar-refractivity contribution in [1.29, 1.82) is 0 Å². The lowest BCUT2D eigenvalue weighted by Gasteiger charge is -2.46. The molecule has 1 aromatic rings. The molecule has 1 aliphatic carbocycles. The summed E-state index contributed by atoms with van der Waals surface area (Å²) in [7, 11) is 1.54. The fourth-order valence-electron chi connectivity index (χ4n) is 4.51. The predicted molar refractivity (Wildman–Crippen MR) is 104 cm³/mol. The van der Waals surface area contributed by atoms with Gasteiger partial charge in [-0.1, -0.05) is 30.9 Å². The molecule has 0 bridgehead atoms. The standard InChI is InChI=1S/C20H31ClN2O3/c1-26-19-12-15(11-18(21)20(19)25)13-22-8-9-23(17(14-22)7-10-24)16-5-3-2-4-6-16/h11-12,16-17,24-25H,2-10,13-14H2,1H3. The zero-order chi connectivity index (χ0) is 18.5. The lowest BCUT2D eigenvalue weighted by molar-refractivity contribution is 0.0136. The molecule has 3 rings (SSSR count). The van der Waals surface area contributed by atoms with E-state index in [1.807, 2.05) is 12.1 Å². The zero-order valence-corrected chi connectivity index (χ0v) is 16.4. The van der Waals surface area contributed by atoms with Crippen LogP contribution in [0.4, 0.5) is 0 Å². The lowest BCUT2D eigenvalue weighted by Crippen LogP contribution is -2.56. The Hall–Kier alpha value is -1.01. The first kappa shape index (κ1) is 19.7. The van der Waals surface area contributed by atoms with Gasteiger partial charge in [-0.15, -0.1) is 0 Å². The smallest absolute Gasteiger partial charge is 0.176 e. The number of phenolic OH excluding ortho intramolecular Hbond substituents is 1. The summed E-state index contributed by atoms with van der Waals surface area (Å²) >= 11 is 6.13. The fourth-order valence-corrected chi connectivity index (χ4v) is 4.74. The number of aliphatic hydroxyl groups excluding tert-OH is 1. The highest BCUT2D eigenvalue weighted by Gasteiger charge is 2.32. The van der Waals surface area contributed by atoms with Crippen LogP contribution in [0.1, 0.15) is 44.1 Å². The Morgan fingerprint density at radius 3 is 2.65 bits per heavy atom. The Morgan fingerprint density at radius 2 is 1.96 bits per heavy atom. The van der Waals surface area contributed by atoms with Gasteiger partial charge in [-0.2, -0.15) is 0 Å². The van der Waals surface area contributed by atoms with E-state index in [0.717, 1.165) is 38.2 Å². The van der Waals surface area contributed by atoms with Crippen molar-refractivity contribution in [2.24, 2.45) is 0 Å². The molecule has 6 heteroatoms. The van der Waals surface area contributed by atoms with Gasteiger partial charge in [0.25, 0.3) is 0 Å². The second-order valence-corrected chi connectivity index (χ2v) is 7.97. The van der Waals surface area contributed by atoms with Crippen LogP contribution in [-0.4, -0.2) is 65.4 Å². The number of methoxy groups -OCH3 is 1. The number of halogens is 1. The molecule has 2 N–H and O–H groups in total. The molecule has 0 aromatic heterocycles. The van der Waals surface area contributed by atoms with Gasteiger partial charge in [0, 0.05) is 44.9 Å². The van der Waals surface area contributed by atoms with Crippen molar-refractivity contribution in [3.63, 3.8) is 0 Å².